The van der Waals surface area contributed by atoms with Gasteiger partial charge in [0.1, 0.15) is 17.0 Å². The molecule has 2 amide bonds. The van der Waals surface area contributed by atoms with Gasteiger partial charge in [0, 0.05) is 17.3 Å². The molecule has 152 valence electrons. The molecule has 0 spiro atoms. The van der Waals surface area contributed by atoms with E-state index in [1.54, 1.807) is 30.3 Å². The van der Waals surface area contributed by atoms with Gasteiger partial charge >= 0.3 is 0 Å². The Morgan fingerprint density at radius 2 is 1.87 bits per heavy atom. The van der Waals surface area contributed by atoms with Gasteiger partial charge in [-0.1, -0.05) is 30.3 Å². The van der Waals surface area contributed by atoms with Crippen LogP contribution in [0.1, 0.15) is 26.9 Å². The number of nitrogens with one attached hydrogen (secondary N) is 1. The van der Waals surface area contributed by atoms with Crippen molar-refractivity contribution in [2.75, 3.05) is 16.0 Å². The average molecular weight is 424 g/mol. The molecule has 0 saturated carbocycles. The summed E-state index contributed by atoms with van der Waals surface area (Å²) in [4.78, 5) is 26.4. The maximum atomic E-state index is 14.3. The highest BCUT2D eigenvalue weighted by molar-refractivity contribution is 8.00. The molecule has 1 fully saturated rings. The van der Waals surface area contributed by atoms with E-state index in [1.807, 2.05) is 25.1 Å². The number of rotatable bonds is 4. The van der Waals surface area contributed by atoms with Crippen LogP contribution in [0.4, 0.5) is 20.2 Å². The molecule has 0 aliphatic carbocycles. The van der Waals surface area contributed by atoms with E-state index in [2.05, 4.69) is 5.32 Å². The Labute approximate surface area is 176 Å². The summed E-state index contributed by atoms with van der Waals surface area (Å²) < 4.78 is 27.6. The first-order valence-corrected chi connectivity index (χ1v) is 10.3. The second-order valence-electron chi connectivity index (χ2n) is 6.92. The molecule has 30 heavy (non-hydrogen) atoms. The summed E-state index contributed by atoms with van der Waals surface area (Å²) in [6.45, 7) is 1.86. The van der Waals surface area contributed by atoms with Gasteiger partial charge in [-0.2, -0.15) is 0 Å². The van der Waals surface area contributed by atoms with Crippen LogP contribution in [0.5, 0.6) is 0 Å². The smallest absolute Gasteiger partial charge is 0.255 e. The summed E-state index contributed by atoms with van der Waals surface area (Å²) in [7, 11) is 0. The van der Waals surface area contributed by atoms with Crippen molar-refractivity contribution in [2.24, 2.45) is 0 Å². The van der Waals surface area contributed by atoms with Crippen LogP contribution in [0.15, 0.2) is 66.7 Å². The van der Waals surface area contributed by atoms with Crippen molar-refractivity contribution >= 4 is 35.0 Å². The molecule has 1 saturated heterocycles. The number of aryl methyl sites for hydroxylation is 1. The van der Waals surface area contributed by atoms with Crippen molar-refractivity contribution in [3.05, 3.63) is 95.1 Å². The minimum absolute atomic E-state index is 0.0331. The van der Waals surface area contributed by atoms with Gasteiger partial charge in [0.15, 0.2) is 0 Å². The van der Waals surface area contributed by atoms with Gasteiger partial charge in [-0.25, -0.2) is 8.78 Å². The number of benzene rings is 3. The zero-order valence-corrected chi connectivity index (χ0v) is 16.9. The van der Waals surface area contributed by atoms with Crippen molar-refractivity contribution in [3.63, 3.8) is 0 Å². The Balaban J connectivity index is 1.62. The van der Waals surface area contributed by atoms with Gasteiger partial charge in [0.25, 0.3) is 5.91 Å². The molecule has 1 heterocycles. The summed E-state index contributed by atoms with van der Waals surface area (Å²) in [5, 5.41) is 2.39. The molecular weight excluding hydrogens is 406 g/mol. The fourth-order valence-electron chi connectivity index (χ4n) is 3.40. The van der Waals surface area contributed by atoms with Gasteiger partial charge in [-0.3, -0.25) is 14.5 Å². The maximum Gasteiger partial charge on any atom is 0.255 e. The molecule has 1 aliphatic heterocycles. The number of carbonyl (C=O) groups is 2. The zero-order valence-electron chi connectivity index (χ0n) is 16.1. The maximum absolute atomic E-state index is 14.3. The highest BCUT2D eigenvalue weighted by Crippen LogP contribution is 2.43. The summed E-state index contributed by atoms with van der Waals surface area (Å²) in [5.41, 5.74) is 2.77. The quantitative estimate of drug-likeness (QED) is 0.618. The van der Waals surface area contributed by atoms with Crippen molar-refractivity contribution in [1.29, 1.82) is 0 Å². The standard InChI is InChI=1S/C23H18F2N2O2S/c1-14-5-2-3-8-18(14)22(29)26-17-7-4-6-15(11-17)23-27(21(28)13-30-23)20-10-9-16(24)12-19(20)25/h2-12,23H,13H2,1H3,(H,26,29). The Kier molecular flexibility index (Phi) is 5.55. The van der Waals surface area contributed by atoms with Crippen LogP contribution in [0.3, 0.4) is 0 Å². The molecule has 7 heteroatoms. The first kappa shape index (κ1) is 20.1. The number of amides is 2. The molecule has 0 aromatic heterocycles. The third kappa shape index (κ3) is 3.93. The van der Waals surface area contributed by atoms with Crippen molar-refractivity contribution in [3.8, 4) is 0 Å². The van der Waals surface area contributed by atoms with Gasteiger partial charge in [0.05, 0.1) is 11.4 Å². The third-order valence-electron chi connectivity index (χ3n) is 4.86. The van der Waals surface area contributed by atoms with E-state index in [0.717, 1.165) is 23.3 Å². The molecule has 1 unspecified atom stereocenters. The van der Waals surface area contributed by atoms with E-state index >= 15 is 0 Å². The van der Waals surface area contributed by atoms with Crippen LogP contribution in [0, 0.1) is 18.6 Å². The van der Waals surface area contributed by atoms with Gasteiger partial charge < -0.3 is 5.32 Å². The first-order valence-electron chi connectivity index (χ1n) is 9.29. The van der Waals surface area contributed by atoms with Crippen LogP contribution >= 0.6 is 11.8 Å². The average Bonchev–Trinajstić information content (AvgIpc) is 3.10. The van der Waals surface area contributed by atoms with Gasteiger partial charge in [0.2, 0.25) is 5.91 Å². The van der Waals surface area contributed by atoms with E-state index in [4.69, 9.17) is 0 Å². The second-order valence-corrected chi connectivity index (χ2v) is 7.99. The predicted molar refractivity (Wildman–Crippen MR) is 115 cm³/mol. The molecule has 0 radical (unpaired) electrons. The van der Waals surface area contributed by atoms with Gasteiger partial charge in [-0.05, 0) is 48.4 Å². The lowest BCUT2D eigenvalue weighted by Gasteiger charge is -2.25. The number of anilines is 2. The Morgan fingerprint density at radius 1 is 1.07 bits per heavy atom. The first-order chi connectivity index (χ1) is 14.4. The fraction of sp³-hybridized carbons (Fsp3) is 0.130. The van der Waals surface area contributed by atoms with Crippen LogP contribution in [-0.4, -0.2) is 17.6 Å². The van der Waals surface area contributed by atoms with E-state index in [9.17, 15) is 18.4 Å². The van der Waals surface area contributed by atoms with Crippen LogP contribution in [0.25, 0.3) is 0 Å². The topological polar surface area (TPSA) is 49.4 Å². The Hall–Kier alpha value is -3.19. The van der Waals surface area contributed by atoms with E-state index in [0.29, 0.717) is 11.3 Å². The number of nitrogens with zero attached hydrogens (tertiary/aromatic N) is 1. The summed E-state index contributed by atoms with van der Waals surface area (Å²) in [6, 6.07) is 17.5. The predicted octanol–water partition coefficient (Wildman–Crippen LogP) is 5.30. The minimum Gasteiger partial charge on any atom is -0.322 e. The molecule has 0 bridgehead atoms. The molecular formula is C23H18F2N2O2S. The molecule has 3 aromatic carbocycles. The monoisotopic (exact) mass is 424 g/mol. The highest BCUT2D eigenvalue weighted by Gasteiger charge is 2.35. The Bertz CT molecular complexity index is 1140. The normalized spacial score (nSPS) is 16.0. The minimum atomic E-state index is -0.792. The SMILES string of the molecule is Cc1ccccc1C(=O)Nc1cccc(C2SCC(=O)N2c2ccc(F)cc2F)c1. The molecule has 1 N–H and O–H groups in total. The fourth-order valence-corrected chi connectivity index (χ4v) is 4.56. The Morgan fingerprint density at radius 3 is 2.63 bits per heavy atom. The van der Waals surface area contributed by atoms with E-state index in [-0.39, 0.29) is 23.3 Å². The number of halogens is 2. The summed E-state index contributed by atoms with van der Waals surface area (Å²) >= 11 is 1.35. The van der Waals surface area contributed by atoms with Gasteiger partial charge in [-0.15, -0.1) is 11.8 Å². The number of thioether (sulfide) groups is 1. The van der Waals surface area contributed by atoms with Crippen molar-refractivity contribution < 1.29 is 18.4 Å². The molecule has 4 rings (SSSR count). The summed E-state index contributed by atoms with van der Waals surface area (Å²) in [5.74, 6) is -1.80. The number of hydrogen-bond acceptors (Lipinski definition) is 3. The molecule has 1 aliphatic rings. The van der Waals surface area contributed by atoms with E-state index < -0.39 is 17.0 Å². The van der Waals surface area contributed by atoms with Crippen molar-refractivity contribution in [2.45, 2.75) is 12.3 Å². The third-order valence-corrected chi connectivity index (χ3v) is 6.07. The second kappa shape index (κ2) is 8.28. The number of carbonyl (C=O) groups excluding carboxylic acids is 2. The molecule has 4 nitrogen and oxygen atoms in total. The molecule has 1 atom stereocenters. The highest BCUT2D eigenvalue weighted by atomic mass is 32.2. The molecule has 3 aromatic rings. The lowest BCUT2D eigenvalue weighted by molar-refractivity contribution is -0.115. The number of hydrogen-bond donors (Lipinski definition) is 1. The summed E-state index contributed by atoms with van der Waals surface area (Å²) in [6.07, 6.45) is 0. The van der Waals surface area contributed by atoms with Crippen molar-refractivity contribution in [1.82, 2.24) is 0 Å². The van der Waals surface area contributed by atoms with Crippen LogP contribution in [0.2, 0.25) is 0 Å². The van der Waals surface area contributed by atoms with Crippen LogP contribution < -0.4 is 10.2 Å². The zero-order chi connectivity index (χ0) is 21.3. The van der Waals surface area contributed by atoms with E-state index in [1.165, 1.54) is 22.7 Å². The van der Waals surface area contributed by atoms with Crippen LogP contribution in [-0.2, 0) is 4.79 Å². The largest absolute Gasteiger partial charge is 0.322 e. The lowest BCUT2D eigenvalue weighted by Crippen LogP contribution is -2.28. The lowest BCUT2D eigenvalue weighted by atomic mass is 10.1.